The predicted octanol–water partition coefficient (Wildman–Crippen LogP) is 3.74. The number of hydrogen-bond acceptors (Lipinski definition) is 6. The van der Waals surface area contributed by atoms with E-state index in [9.17, 15) is 8.42 Å². The van der Waals surface area contributed by atoms with Gasteiger partial charge in [-0.3, -0.25) is 5.10 Å². The number of para-hydroxylation sites is 1. The van der Waals surface area contributed by atoms with E-state index in [4.69, 9.17) is 9.02 Å². The Morgan fingerprint density at radius 1 is 1.17 bits per heavy atom. The van der Waals surface area contributed by atoms with Crippen molar-refractivity contribution in [3.63, 3.8) is 0 Å². The van der Waals surface area contributed by atoms with Gasteiger partial charge in [-0.1, -0.05) is 29.8 Å². The Morgan fingerprint density at radius 2 is 1.90 bits per heavy atom. The van der Waals surface area contributed by atoms with Gasteiger partial charge in [0.1, 0.15) is 11.6 Å². The van der Waals surface area contributed by atoms with Crippen molar-refractivity contribution in [3.8, 4) is 17.0 Å². The lowest BCUT2D eigenvalue weighted by Gasteiger charge is -2.07. The first kappa shape index (κ1) is 20.6. The summed E-state index contributed by atoms with van der Waals surface area (Å²) in [4.78, 5) is 4.28. The maximum atomic E-state index is 12.2. The van der Waals surface area contributed by atoms with Gasteiger partial charge in [-0.05, 0) is 45.0 Å². The molecule has 0 amide bonds. The summed E-state index contributed by atoms with van der Waals surface area (Å²) in [6.45, 7) is 5.91. The fraction of sp³-hybridized carbons (Fsp3) is 0.200. The molecule has 0 spiro atoms. The molecule has 0 fully saturated rings. The molecular formula is C20H22N4O4S. The summed E-state index contributed by atoms with van der Waals surface area (Å²) < 4.78 is 34.9. The average molecular weight is 414 g/mol. The molecule has 0 bridgehead atoms. The number of aliphatic imine (C=N–C) groups is 1. The summed E-state index contributed by atoms with van der Waals surface area (Å²) in [5, 5.41) is 7.04. The largest absolute Gasteiger partial charge is 0.493 e. The van der Waals surface area contributed by atoms with Crippen LogP contribution in [-0.4, -0.2) is 31.1 Å². The average Bonchev–Trinajstić information content (AvgIpc) is 3.16. The smallest absolute Gasteiger partial charge is 0.317 e. The maximum absolute atomic E-state index is 12.2. The fourth-order valence-corrected chi connectivity index (χ4v) is 3.34. The van der Waals surface area contributed by atoms with Crippen LogP contribution in [0.15, 0.2) is 64.5 Å². The van der Waals surface area contributed by atoms with E-state index in [0.717, 1.165) is 22.6 Å². The van der Waals surface area contributed by atoms with Gasteiger partial charge >= 0.3 is 10.1 Å². The normalized spacial score (nSPS) is 12.0. The number of hydrogen-bond donors (Lipinski definition) is 2. The van der Waals surface area contributed by atoms with Gasteiger partial charge in [-0.2, -0.15) is 13.5 Å². The molecule has 0 unspecified atom stereocenters. The van der Waals surface area contributed by atoms with Crippen LogP contribution in [0.2, 0.25) is 0 Å². The number of aryl methyl sites for hydroxylation is 1. The molecule has 0 aliphatic heterocycles. The van der Waals surface area contributed by atoms with Crippen molar-refractivity contribution in [1.82, 2.24) is 15.7 Å². The van der Waals surface area contributed by atoms with Crippen molar-refractivity contribution < 1.29 is 17.4 Å². The third-order valence-electron chi connectivity index (χ3n) is 3.93. The zero-order valence-electron chi connectivity index (χ0n) is 16.3. The standard InChI is InChI=1S/C20H22N4O4S/c1-4-27-19-8-6-5-7-17(19)18-13-20(23-22-18)21-15(3)24-28-29(25,26)16-11-9-14(2)10-12-16/h5-13H,4H2,1-3H3,(H2,21,22,23,24). The molecular weight excluding hydrogens is 392 g/mol. The van der Waals surface area contributed by atoms with E-state index >= 15 is 0 Å². The van der Waals surface area contributed by atoms with E-state index in [1.807, 2.05) is 38.1 Å². The van der Waals surface area contributed by atoms with Crippen LogP contribution in [0.1, 0.15) is 19.4 Å². The molecule has 2 N–H and O–H groups in total. The van der Waals surface area contributed by atoms with Crippen LogP contribution in [0, 0.1) is 6.92 Å². The second-order valence-corrected chi connectivity index (χ2v) is 7.77. The summed E-state index contributed by atoms with van der Waals surface area (Å²) in [5.74, 6) is 1.33. The zero-order chi connectivity index (χ0) is 20.9. The highest BCUT2D eigenvalue weighted by Gasteiger charge is 2.16. The number of H-pyrrole nitrogens is 1. The fourth-order valence-electron chi connectivity index (χ4n) is 2.54. The molecule has 1 heterocycles. The first-order chi connectivity index (χ1) is 13.9. The zero-order valence-corrected chi connectivity index (χ0v) is 17.2. The van der Waals surface area contributed by atoms with Crippen molar-refractivity contribution in [3.05, 3.63) is 60.2 Å². The molecule has 0 atom stereocenters. The highest BCUT2D eigenvalue weighted by atomic mass is 32.2. The summed E-state index contributed by atoms with van der Waals surface area (Å²) in [7, 11) is -3.95. The quantitative estimate of drug-likeness (QED) is 0.347. The molecule has 2 aromatic carbocycles. The molecule has 0 radical (unpaired) electrons. The SMILES string of the molecule is CCOc1ccccc1-c1cc(N=C(C)NOS(=O)(=O)c2ccc(C)cc2)n[nH]1. The Balaban J connectivity index is 1.71. The maximum Gasteiger partial charge on any atom is 0.317 e. The minimum absolute atomic E-state index is 0.0537. The van der Waals surface area contributed by atoms with Gasteiger partial charge in [0.05, 0.1) is 17.2 Å². The van der Waals surface area contributed by atoms with Crippen molar-refractivity contribution in [1.29, 1.82) is 0 Å². The first-order valence-electron chi connectivity index (χ1n) is 8.98. The topological polar surface area (TPSA) is 106 Å². The highest BCUT2D eigenvalue weighted by Crippen LogP contribution is 2.30. The van der Waals surface area contributed by atoms with E-state index in [-0.39, 0.29) is 10.7 Å². The molecule has 0 aliphatic carbocycles. The summed E-state index contributed by atoms with van der Waals surface area (Å²) in [5.41, 5.74) is 4.89. The Morgan fingerprint density at radius 3 is 2.62 bits per heavy atom. The first-order valence-corrected chi connectivity index (χ1v) is 10.4. The lowest BCUT2D eigenvalue weighted by molar-refractivity contribution is 0.267. The van der Waals surface area contributed by atoms with Crippen molar-refractivity contribution in [2.75, 3.05) is 6.61 Å². The molecule has 8 nitrogen and oxygen atoms in total. The number of rotatable bonds is 7. The van der Waals surface area contributed by atoms with Crippen LogP contribution < -0.4 is 10.2 Å². The summed E-state index contributed by atoms with van der Waals surface area (Å²) in [6.07, 6.45) is 0. The summed E-state index contributed by atoms with van der Waals surface area (Å²) in [6, 6.07) is 15.7. The molecule has 0 aliphatic rings. The van der Waals surface area contributed by atoms with Gasteiger partial charge < -0.3 is 4.74 Å². The van der Waals surface area contributed by atoms with Crippen molar-refractivity contribution in [2.24, 2.45) is 4.99 Å². The Bertz CT molecular complexity index is 1110. The molecule has 0 saturated carbocycles. The Kier molecular flexibility index (Phi) is 6.30. The van der Waals surface area contributed by atoms with E-state index < -0.39 is 10.1 Å². The molecule has 3 aromatic rings. The van der Waals surface area contributed by atoms with Gasteiger partial charge in [-0.25, -0.2) is 10.5 Å². The number of nitrogens with one attached hydrogen (secondary N) is 2. The van der Waals surface area contributed by atoms with Crippen LogP contribution in [0.3, 0.4) is 0 Å². The number of benzene rings is 2. The Hall–Kier alpha value is -3.17. The predicted molar refractivity (Wildman–Crippen MR) is 111 cm³/mol. The molecule has 1 aromatic heterocycles. The monoisotopic (exact) mass is 414 g/mol. The second-order valence-electron chi connectivity index (χ2n) is 6.22. The minimum Gasteiger partial charge on any atom is -0.493 e. The van der Waals surface area contributed by atoms with Crippen molar-refractivity contribution in [2.45, 2.75) is 25.7 Å². The molecule has 3 rings (SSSR count). The lowest BCUT2D eigenvalue weighted by atomic mass is 10.1. The summed E-state index contributed by atoms with van der Waals surface area (Å²) >= 11 is 0. The van der Waals surface area contributed by atoms with E-state index in [1.165, 1.54) is 12.1 Å². The van der Waals surface area contributed by atoms with Crippen LogP contribution in [-0.2, 0) is 14.4 Å². The number of hydroxylamine groups is 1. The van der Waals surface area contributed by atoms with E-state index in [1.54, 1.807) is 25.1 Å². The van der Waals surface area contributed by atoms with Gasteiger partial charge in [-0.15, -0.1) is 4.28 Å². The minimum atomic E-state index is -3.95. The van der Waals surface area contributed by atoms with Crippen LogP contribution in [0.5, 0.6) is 5.75 Å². The number of aromatic amines is 1. The third kappa shape index (κ3) is 5.21. The van der Waals surface area contributed by atoms with Crippen molar-refractivity contribution >= 4 is 21.8 Å². The van der Waals surface area contributed by atoms with Gasteiger partial charge in [0.25, 0.3) is 0 Å². The van der Waals surface area contributed by atoms with Gasteiger partial charge in [0.15, 0.2) is 5.82 Å². The number of nitrogens with zero attached hydrogens (tertiary/aromatic N) is 2. The molecule has 29 heavy (non-hydrogen) atoms. The van der Waals surface area contributed by atoms with E-state index in [2.05, 4.69) is 20.7 Å². The lowest BCUT2D eigenvalue weighted by Crippen LogP contribution is -2.24. The van der Waals surface area contributed by atoms with Crippen LogP contribution in [0.25, 0.3) is 11.3 Å². The highest BCUT2D eigenvalue weighted by molar-refractivity contribution is 7.86. The molecule has 152 valence electrons. The Labute approximate surface area is 169 Å². The third-order valence-corrected chi connectivity index (χ3v) is 5.08. The van der Waals surface area contributed by atoms with E-state index in [0.29, 0.717) is 12.4 Å². The molecule has 9 heteroatoms. The van der Waals surface area contributed by atoms with Gasteiger partial charge in [0.2, 0.25) is 0 Å². The van der Waals surface area contributed by atoms with Gasteiger partial charge in [0, 0.05) is 11.6 Å². The number of ether oxygens (including phenoxy) is 1. The second kappa shape index (κ2) is 8.89. The number of aromatic nitrogens is 2. The van der Waals surface area contributed by atoms with Crippen LogP contribution in [0.4, 0.5) is 5.82 Å². The molecule has 0 saturated heterocycles. The van der Waals surface area contributed by atoms with Crippen LogP contribution >= 0.6 is 0 Å². The number of amidine groups is 1.